The Bertz CT molecular complexity index is 560. The van der Waals surface area contributed by atoms with Crippen LogP contribution in [0.1, 0.15) is 18.9 Å². The van der Waals surface area contributed by atoms with Crippen LogP contribution in [0.4, 0.5) is 4.39 Å². The van der Waals surface area contributed by atoms with Crippen molar-refractivity contribution in [2.45, 2.75) is 25.4 Å². The minimum Gasteiger partial charge on any atom is -0.497 e. The predicted octanol–water partition coefficient (Wildman–Crippen LogP) is 1.90. The van der Waals surface area contributed by atoms with Crippen molar-refractivity contribution < 1.29 is 23.8 Å². The van der Waals surface area contributed by atoms with Crippen LogP contribution in [0.2, 0.25) is 0 Å². The van der Waals surface area contributed by atoms with E-state index in [1.807, 2.05) is 24.3 Å². The lowest BCUT2D eigenvalue weighted by Crippen LogP contribution is -2.40. The highest BCUT2D eigenvalue weighted by Gasteiger charge is 2.47. The van der Waals surface area contributed by atoms with Crippen LogP contribution >= 0.6 is 0 Å². The summed E-state index contributed by atoms with van der Waals surface area (Å²) in [6.45, 7) is 1.55. The molecule has 0 radical (unpaired) electrons. The lowest BCUT2D eigenvalue weighted by atomic mass is 9.99. The van der Waals surface area contributed by atoms with Gasteiger partial charge in [-0.3, -0.25) is 4.79 Å². The molecule has 1 fully saturated rings. The lowest BCUT2D eigenvalue weighted by molar-refractivity contribution is -0.150. The van der Waals surface area contributed by atoms with Crippen LogP contribution in [-0.4, -0.2) is 47.8 Å². The molecule has 2 atom stereocenters. The lowest BCUT2D eigenvalue weighted by Gasteiger charge is -2.21. The fourth-order valence-corrected chi connectivity index (χ4v) is 2.65. The standard InChI is InChI=1S/C16H20FNO4/c1-11(9-12-3-5-13(22-2)6-4-12)14(19)18-8-7-16(17,10-18)15(20)21/h3-6,11H,7-10H2,1-2H3,(H,20,21). The molecule has 1 aromatic carbocycles. The Hall–Kier alpha value is -2.11. The molecular formula is C16H20FNO4. The molecule has 1 aliphatic rings. The average molecular weight is 309 g/mol. The quantitative estimate of drug-likeness (QED) is 0.902. The summed E-state index contributed by atoms with van der Waals surface area (Å²) in [5.74, 6) is -1.29. The molecule has 6 heteroatoms. The highest BCUT2D eigenvalue weighted by Crippen LogP contribution is 2.27. The van der Waals surface area contributed by atoms with Crippen molar-refractivity contribution in [2.75, 3.05) is 20.2 Å². The second-order valence-corrected chi connectivity index (χ2v) is 5.73. The predicted molar refractivity (Wildman–Crippen MR) is 78.5 cm³/mol. The highest BCUT2D eigenvalue weighted by molar-refractivity contribution is 5.83. The summed E-state index contributed by atoms with van der Waals surface area (Å²) >= 11 is 0. The summed E-state index contributed by atoms with van der Waals surface area (Å²) in [7, 11) is 1.58. The van der Waals surface area contributed by atoms with Crippen molar-refractivity contribution in [3.05, 3.63) is 29.8 Å². The number of carboxylic acid groups (broad SMARTS) is 1. The van der Waals surface area contributed by atoms with Gasteiger partial charge in [-0.15, -0.1) is 0 Å². The van der Waals surface area contributed by atoms with Crippen LogP contribution in [-0.2, 0) is 16.0 Å². The number of carbonyl (C=O) groups excluding carboxylic acids is 1. The van der Waals surface area contributed by atoms with Gasteiger partial charge in [0.15, 0.2) is 0 Å². The van der Waals surface area contributed by atoms with Gasteiger partial charge in [-0.2, -0.15) is 0 Å². The fourth-order valence-electron chi connectivity index (χ4n) is 2.65. The maximum Gasteiger partial charge on any atom is 0.343 e. The molecule has 1 aliphatic heterocycles. The van der Waals surface area contributed by atoms with Gasteiger partial charge in [0.05, 0.1) is 13.7 Å². The number of amides is 1. The molecule has 1 N–H and O–H groups in total. The molecule has 22 heavy (non-hydrogen) atoms. The summed E-state index contributed by atoms with van der Waals surface area (Å²) in [4.78, 5) is 24.5. The maximum atomic E-state index is 14.0. The van der Waals surface area contributed by atoms with Gasteiger partial charge in [0, 0.05) is 18.9 Å². The number of ether oxygens (including phenoxy) is 1. The minimum atomic E-state index is -2.31. The number of nitrogens with zero attached hydrogens (tertiary/aromatic N) is 1. The molecule has 2 rings (SSSR count). The normalized spacial score (nSPS) is 22.4. The van der Waals surface area contributed by atoms with E-state index in [0.29, 0.717) is 6.42 Å². The first kappa shape index (κ1) is 16.3. The average Bonchev–Trinajstić information content (AvgIpc) is 2.91. The van der Waals surface area contributed by atoms with Crippen LogP contribution < -0.4 is 4.74 Å². The van der Waals surface area contributed by atoms with Crippen LogP contribution in [0.5, 0.6) is 5.75 Å². The molecule has 0 aromatic heterocycles. The van der Waals surface area contributed by atoms with E-state index in [4.69, 9.17) is 9.84 Å². The van der Waals surface area contributed by atoms with Gasteiger partial charge in [-0.05, 0) is 24.1 Å². The van der Waals surface area contributed by atoms with Crippen LogP contribution in [0, 0.1) is 5.92 Å². The number of aliphatic carboxylic acids is 1. The smallest absolute Gasteiger partial charge is 0.343 e. The first-order chi connectivity index (χ1) is 10.4. The van der Waals surface area contributed by atoms with Crippen LogP contribution in [0.25, 0.3) is 0 Å². The number of halogens is 1. The van der Waals surface area contributed by atoms with E-state index in [9.17, 15) is 14.0 Å². The number of alkyl halides is 1. The molecule has 0 bridgehead atoms. The Morgan fingerprint density at radius 1 is 1.41 bits per heavy atom. The van der Waals surface area contributed by atoms with Gasteiger partial charge in [-0.1, -0.05) is 19.1 Å². The topological polar surface area (TPSA) is 66.8 Å². The largest absolute Gasteiger partial charge is 0.497 e. The zero-order valence-electron chi connectivity index (χ0n) is 12.7. The summed E-state index contributed by atoms with van der Waals surface area (Å²) in [5.41, 5.74) is -1.33. The minimum absolute atomic E-state index is 0.147. The van der Waals surface area contributed by atoms with Gasteiger partial charge in [0.1, 0.15) is 5.75 Å². The van der Waals surface area contributed by atoms with Crippen molar-refractivity contribution in [3.63, 3.8) is 0 Å². The third-order valence-corrected chi connectivity index (χ3v) is 4.04. The monoisotopic (exact) mass is 309 g/mol. The van der Waals surface area contributed by atoms with Crippen LogP contribution in [0.3, 0.4) is 0 Å². The van der Waals surface area contributed by atoms with Crippen molar-refractivity contribution in [1.29, 1.82) is 0 Å². The van der Waals surface area contributed by atoms with E-state index in [1.54, 1.807) is 14.0 Å². The number of benzene rings is 1. The number of methoxy groups -OCH3 is 1. The Kier molecular flexibility index (Phi) is 4.68. The van der Waals surface area contributed by atoms with E-state index in [-0.39, 0.29) is 31.3 Å². The number of hydrogen-bond acceptors (Lipinski definition) is 3. The maximum absolute atomic E-state index is 14.0. The van der Waals surface area contributed by atoms with Crippen molar-refractivity contribution in [2.24, 2.45) is 5.92 Å². The number of likely N-dealkylation sites (tertiary alicyclic amines) is 1. The second kappa shape index (κ2) is 6.34. The molecule has 1 heterocycles. The number of hydrogen-bond donors (Lipinski definition) is 1. The molecule has 0 aliphatic carbocycles. The molecular weight excluding hydrogens is 289 g/mol. The summed E-state index contributed by atoms with van der Waals surface area (Å²) in [5, 5.41) is 8.87. The van der Waals surface area contributed by atoms with E-state index in [0.717, 1.165) is 11.3 Å². The molecule has 2 unspecified atom stereocenters. The van der Waals surface area contributed by atoms with Crippen molar-refractivity contribution >= 4 is 11.9 Å². The van der Waals surface area contributed by atoms with E-state index < -0.39 is 11.6 Å². The molecule has 0 spiro atoms. The van der Waals surface area contributed by atoms with Gasteiger partial charge in [-0.25, -0.2) is 9.18 Å². The zero-order valence-corrected chi connectivity index (χ0v) is 12.7. The molecule has 5 nitrogen and oxygen atoms in total. The van der Waals surface area contributed by atoms with Gasteiger partial charge in [0.2, 0.25) is 11.6 Å². The van der Waals surface area contributed by atoms with Gasteiger partial charge >= 0.3 is 5.97 Å². The second-order valence-electron chi connectivity index (χ2n) is 5.73. The number of rotatable bonds is 5. The van der Waals surface area contributed by atoms with E-state index in [1.165, 1.54) is 4.90 Å². The first-order valence-electron chi connectivity index (χ1n) is 7.20. The summed E-state index contributed by atoms with van der Waals surface area (Å²) < 4.78 is 19.1. The molecule has 120 valence electrons. The Labute approximate surface area is 128 Å². The third-order valence-electron chi connectivity index (χ3n) is 4.04. The van der Waals surface area contributed by atoms with Gasteiger partial charge < -0.3 is 14.7 Å². The Balaban J connectivity index is 1.96. The Morgan fingerprint density at radius 2 is 2.05 bits per heavy atom. The summed E-state index contributed by atoms with van der Waals surface area (Å²) in [6, 6.07) is 7.39. The zero-order chi connectivity index (χ0) is 16.3. The number of carboxylic acids is 1. The van der Waals surface area contributed by atoms with Crippen molar-refractivity contribution in [1.82, 2.24) is 4.90 Å². The molecule has 1 amide bonds. The van der Waals surface area contributed by atoms with E-state index >= 15 is 0 Å². The molecule has 1 saturated heterocycles. The first-order valence-corrected chi connectivity index (χ1v) is 7.20. The number of carbonyl (C=O) groups is 2. The van der Waals surface area contributed by atoms with E-state index in [2.05, 4.69) is 0 Å². The van der Waals surface area contributed by atoms with Crippen LogP contribution in [0.15, 0.2) is 24.3 Å². The molecule has 0 saturated carbocycles. The third kappa shape index (κ3) is 3.37. The summed E-state index contributed by atoms with van der Waals surface area (Å²) in [6.07, 6.45) is 0.370. The van der Waals surface area contributed by atoms with Crippen molar-refractivity contribution in [3.8, 4) is 5.75 Å². The molecule has 1 aromatic rings. The fraction of sp³-hybridized carbons (Fsp3) is 0.500. The SMILES string of the molecule is COc1ccc(CC(C)C(=O)N2CCC(F)(C(=O)O)C2)cc1. The van der Waals surface area contributed by atoms with Gasteiger partial charge in [0.25, 0.3) is 0 Å². The Morgan fingerprint density at radius 3 is 2.55 bits per heavy atom. The highest BCUT2D eigenvalue weighted by atomic mass is 19.1.